The Labute approximate surface area is 128 Å². The minimum absolute atomic E-state index is 0.287. The van der Waals surface area contributed by atoms with E-state index in [4.69, 9.17) is 10.7 Å². The van der Waals surface area contributed by atoms with Crippen LogP contribution in [0.4, 0.5) is 4.39 Å². The summed E-state index contributed by atoms with van der Waals surface area (Å²) in [5.41, 5.74) is 0. The van der Waals surface area contributed by atoms with Crippen molar-refractivity contribution in [3.8, 4) is 10.7 Å². The number of aromatic nitrogens is 3. The van der Waals surface area contributed by atoms with Gasteiger partial charge in [0.15, 0.2) is 5.82 Å². The average molecular weight is 346 g/mol. The summed E-state index contributed by atoms with van der Waals surface area (Å²) >= 11 is 1.32. The molecule has 0 aliphatic rings. The molecule has 9 heteroatoms. The molecule has 1 aromatic carbocycles. The van der Waals surface area contributed by atoms with Crippen molar-refractivity contribution in [1.82, 2.24) is 14.8 Å². The number of halogens is 2. The molecular weight excluding hydrogens is 337 g/mol. The molecule has 0 amide bonds. The van der Waals surface area contributed by atoms with Gasteiger partial charge in [-0.05, 0) is 30.5 Å². The van der Waals surface area contributed by atoms with Gasteiger partial charge in [-0.15, -0.1) is 21.5 Å². The monoisotopic (exact) mass is 345 g/mol. The van der Waals surface area contributed by atoms with Crippen molar-refractivity contribution >= 4 is 41.2 Å². The molecule has 0 bridgehead atoms. The molecule has 2 heterocycles. The van der Waals surface area contributed by atoms with E-state index in [9.17, 15) is 12.8 Å². The van der Waals surface area contributed by atoms with Gasteiger partial charge in [0, 0.05) is 21.9 Å². The molecule has 0 saturated heterocycles. The van der Waals surface area contributed by atoms with Crippen molar-refractivity contribution in [1.29, 1.82) is 0 Å². The lowest BCUT2D eigenvalue weighted by atomic mass is 10.2. The zero-order valence-corrected chi connectivity index (χ0v) is 13.1. The fourth-order valence-electron chi connectivity index (χ4n) is 2.05. The molecule has 5 nitrogen and oxygen atoms in total. The molecule has 0 unspecified atom stereocenters. The van der Waals surface area contributed by atoms with E-state index in [1.165, 1.54) is 28.0 Å². The lowest BCUT2D eigenvalue weighted by Crippen LogP contribution is -2.05. The number of hydrogen-bond donors (Lipinski definition) is 0. The zero-order valence-electron chi connectivity index (χ0n) is 10.7. The van der Waals surface area contributed by atoms with Crippen molar-refractivity contribution in [2.24, 2.45) is 0 Å². The summed E-state index contributed by atoms with van der Waals surface area (Å²) in [6.07, 6.45) is 0. The number of fused-ring (bicyclic) bond motifs is 1. The van der Waals surface area contributed by atoms with Crippen molar-refractivity contribution in [3.05, 3.63) is 30.1 Å². The second-order valence-corrected chi connectivity index (χ2v) is 7.82. The largest absolute Gasteiger partial charge is 0.296 e. The van der Waals surface area contributed by atoms with E-state index in [1.54, 1.807) is 13.0 Å². The Balaban J connectivity index is 2.21. The van der Waals surface area contributed by atoms with E-state index >= 15 is 0 Å². The summed E-state index contributed by atoms with van der Waals surface area (Å²) in [5.74, 6) is 0.0789. The highest BCUT2D eigenvalue weighted by Gasteiger charge is 2.23. The first-order chi connectivity index (χ1) is 9.90. The SMILES string of the molecule is CCn1c(-c2cc3ccc(F)cc3s2)nnc1S(=O)(=O)Cl. The molecule has 2 aromatic heterocycles. The van der Waals surface area contributed by atoms with Crippen LogP contribution in [0.25, 0.3) is 20.8 Å². The van der Waals surface area contributed by atoms with E-state index in [0.29, 0.717) is 17.2 Å². The molecule has 21 heavy (non-hydrogen) atoms. The third-order valence-electron chi connectivity index (χ3n) is 2.95. The van der Waals surface area contributed by atoms with E-state index in [0.717, 1.165) is 10.1 Å². The van der Waals surface area contributed by atoms with E-state index in [-0.39, 0.29) is 11.0 Å². The highest BCUT2D eigenvalue weighted by atomic mass is 35.7. The molecule has 0 aliphatic heterocycles. The molecule has 0 fully saturated rings. The van der Waals surface area contributed by atoms with Crippen LogP contribution in [0.2, 0.25) is 0 Å². The maximum Gasteiger partial charge on any atom is 0.296 e. The quantitative estimate of drug-likeness (QED) is 0.683. The first-order valence-corrected chi connectivity index (χ1v) is 9.10. The van der Waals surface area contributed by atoms with Crippen LogP contribution in [-0.4, -0.2) is 23.2 Å². The Morgan fingerprint density at radius 1 is 1.33 bits per heavy atom. The Morgan fingerprint density at radius 2 is 2.10 bits per heavy atom. The average Bonchev–Trinajstić information content (AvgIpc) is 2.99. The van der Waals surface area contributed by atoms with Gasteiger partial charge in [-0.3, -0.25) is 4.57 Å². The second-order valence-electron chi connectivity index (χ2n) is 4.28. The standard InChI is InChI=1S/C12H9ClFN3O2S2/c1-2-17-11(15-16-12(17)21(13,18)19)10-5-7-3-4-8(14)6-9(7)20-10/h3-6H,2H2,1H3. The highest BCUT2D eigenvalue weighted by Crippen LogP contribution is 2.34. The summed E-state index contributed by atoms with van der Waals surface area (Å²) in [4.78, 5) is 0.705. The highest BCUT2D eigenvalue weighted by molar-refractivity contribution is 8.13. The van der Waals surface area contributed by atoms with E-state index < -0.39 is 9.05 Å². The number of hydrogen-bond acceptors (Lipinski definition) is 5. The lowest BCUT2D eigenvalue weighted by Gasteiger charge is -2.03. The predicted molar refractivity (Wildman–Crippen MR) is 79.5 cm³/mol. The van der Waals surface area contributed by atoms with Gasteiger partial charge in [0.25, 0.3) is 14.2 Å². The first kappa shape index (κ1) is 14.4. The van der Waals surface area contributed by atoms with Crippen molar-refractivity contribution in [2.75, 3.05) is 0 Å². The van der Waals surface area contributed by atoms with Crippen LogP contribution >= 0.6 is 22.0 Å². The molecule has 110 valence electrons. The topological polar surface area (TPSA) is 64.8 Å². The third kappa shape index (κ3) is 2.54. The zero-order chi connectivity index (χ0) is 15.2. The summed E-state index contributed by atoms with van der Waals surface area (Å²) in [6, 6.07) is 6.28. The normalized spacial score (nSPS) is 12.1. The van der Waals surface area contributed by atoms with Crippen LogP contribution in [0.5, 0.6) is 0 Å². The van der Waals surface area contributed by atoms with Gasteiger partial charge in [0.2, 0.25) is 0 Å². The summed E-state index contributed by atoms with van der Waals surface area (Å²) in [7, 11) is 1.38. The second kappa shape index (κ2) is 5.04. The summed E-state index contributed by atoms with van der Waals surface area (Å²) in [6.45, 7) is 2.12. The van der Waals surface area contributed by atoms with Crippen molar-refractivity contribution < 1.29 is 12.8 Å². The molecule has 3 aromatic rings. The summed E-state index contributed by atoms with van der Waals surface area (Å²) in [5, 5.41) is 8.13. The van der Waals surface area contributed by atoms with Crippen LogP contribution in [0.15, 0.2) is 29.4 Å². The number of nitrogens with zero attached hydrogens (tertiary/aromatic N) is 3. The van der Waals surface area contributed by atoms with Crippen LogP contribution in [0, 0.1) is 5.82 Å². The smallest absolute Gasteiger partial charge is 0.296 e. The Morgan fingerprint density at radius 3 is 2.76 bits per heavy atom. The van der Waals surface area contributed by atoms with Gasteiger partial charge in [0.05, 0.1) is 4.88 Å². The fourth-order valence-corrected chi connectivity index (χ4v) is 4.09. The molecule has 0 aliphatic carbocycles. The molecule has 0 N–H and O–H groups in total. The molecule has 0 atom stereocenters. The number of benzene rings is 1. The van der Waals surface area contributed by atoms with Crippen LogP contribution < -0.4 is 0 Å². The third-order valence-corrected chi connectivity index (χ3v) is 5.20. The van der Waals surface area contributed by atoms with Crippen LogP contribution in [0.1, 0.15) is 6.92 Å². The Hall–Kier alpha value is -1.51. The fraction of sp³-hybridized carbons (Fsp3) is 0.167. The number of thiophene rings is 1. The van der Waals surface area contributed by atoms with Crippen LogP contribution in [-0.2, 0) is 15.6 Å². The Bertz CT molecular complexity index is 933. The van der Waals surface area contributed by atoms with Crippen molar-refractivity contribution in [2.45, 2.75) is 18.6 Å². The van der Waals surface area contributed by atoms with Gasteiger partial charge in [-0.25, -0.2) is 12.8 Å². The molecule has 0 radical (unpaired) electrons. The maximum absolute atomic E-state index is 13.2. The van der Waals surface area contributed by atoms with Gasteiger partial charge < -0.3 is 0 Å². The predicted octanol–water partition coefficient (Wildman–Crippen LogP) is 3.25. The van der Waals surface area contributed by atoms with E-state index in [2.05, 4.69) is 10.2 Å². The van der Waals surface area contributed by atoms with Gasteiger partial charge in [-0.2, -0.15) is 0 Å². The first-order valence-electron chi connectivity index (χ1n) is 5.97. The van der Waals surface area contributed by atoms with Crippen molar-refractivity contribution in [3.63, 3.8) is 0 Å². The minimum Gasteiger partial charge on any atom is -0.296 e. The molecular formula is C12H9ClFN3O2S2. The number of rotatable bonds is 3. The van der Waals surface area contributed by atoms with Crippen LogP contribution in [0.3, 0.4) is 0 Å². The minimum atomic E-state index is -3.96. The van der Waals surface area contributed by atoms with Gasteiger partial charge in [-0.1, -0.05) is 6.07 Å². The molecule has 0 saturated carbocycles. The summed E-state index contributed by atoms with van der Waals surface area (Å²) < 4.78 is 38.3. The Kier molecular flexibility index (Phi) is 3.46. The molecule has 3 rings (SSSR count). The molecule has 0 spiro atoms. The van der Waals surface area contributed by atoms with Gasteiger partial charge >= 0.3 is 0 Å². The van der Waals surface area contributed by atoms with Gasteiger partial charge in [0.1, 0.15) is 5.82 Å². The van der Waals surface area contributed by atoms with E-state index in [1.807, 2.05) is 6.07 Å². The maximum atomic E-state index is 13.2. The lowest BCUT2D eigenvalue weighted by molar-refractivity contribution is 0.583.